The molecule has 26 heavy (non-hydrogen) atoms. The highest BCUT2D eigenvalue weighted by Gasteiger charge is 2.24. The van der Waals surface area contributed by atoms with Gasteiger partial charge in [0.1, 0.15) is 0 Å². The van der Waals surface area contributed by atoms with Crippen molar-refractivity contribution >= 4 is 0 Å². The van der Waals surface area contributed by atoms with Crippen LogP contribution in [0, 0.1) is 0 Å². The van der Waals surface area contributed by atoms with Gasteiger partial charge in [-0.05, 0) is 18.4 Å². The number of hydrogen-bond donors (Lipinski definition) is 3. The molecule has 1 unspecified atom stereocenters. The normalized spacial score (nSPS) is 13.7. The van der Waals surface area contributed by atoms with Crippen molar-refractivity contribution in [2.24, 2.45) is 11.5 Å². The average Bonchev–Trinajstić information content (AvgIpc) is 2.64. The molecule has 0 heterocycles. The molecule has 0 aromatic heterocycles. The molecule has 150 valence electrons. The Kier molecular flexibility index (Phi) is 13.5. The fraction of sp³-hybridized carbons (Fsp3) is 0.739. The summed E-state index contributed by atoms with van der Waals surface area (Å²) in [6.45, 7) is 4.63. The van der Waals surface area contributed by atoms with Crippen molar-refractivity contribution < 1.29 is 0 Å². The Balaban J connectivity index is 2.23. The lowest BCUT2D eigenvalue weighted by molar-refractivity contribution is 0.351. The summed E-state index contributed by atoms with van der Waals surface area (Å²) in [5.41, 5.74) is 13.6. The van der Waals surface area contributed by atoms with Gasteiger partial charge in [-0.15, -0.1) is 0 Å². The highest BCUT2D eigenvalue weighted by molar-refractivity contribution is 5.18. The maximum Gasteiger partial charge on any atom is 0.0321 e. The zero-order chi connectivity index (χ0) is 18.9. The van der Waals surface area contributed by atoms with Crippen LogP contribution in [0.15, 0.2) is 30.3 Å². The Morgan fingerprint density at radius 2 is 1.42 bits per heavy atom. The van der Waals surface area contributed by atoms with E-state index in [2.05, 4.69) is 42.6 Å². The van der Waals surface area contributed by atoms with Gasteiger partial charge in [0, 0.05) is 25.2 Å². The molecular weight excluding hydrogens is 318 g/mol. The topological polar surface area (TPSA) is 64.1 Å². The Bertz CT molecular complexity index is 421. The first-order chi connectivity index (χ1) is 12.7. The van der Waals surface area contributed by atoms with Crippen molar-refractivity contribution in [3.8, 4) is 0 Å². The van der Waals surface area contributed by atoms with Crippen molar-refractivity contribution in [1.29, 1.82) is 0 Å². The van der Waals surface area contributed by atoms with Crippen molar-refractivity contribution in [3.05, 3.63) is 35.9 Å². The zero-order valence-corrected chi connectivity index (χ0v) is 17.1. The third-order valence-corrected chi connectivity index (χ3v) is 5.23. The minimum Gasteiger partial charge on any atom is -0.329 e. The number of unbranched alkanes of at least 4 members (excludes halogenated alkanes) is 9. The molecule has 5 N–H and O–H groups in total. The van der Waals surface area contributed by atoms with E-state index in [4.69, 9.17) is 11.5 Å². The lowest BCUT2D eigenvalue weighted by Gasteiger charge is -2.30. The number of nitrogens with two attached hydrogens (primary N) is 2. The van der Waals surface area contributed by atoms with Crippen molar-refractivity contribution in [2.75, 3.05) is 19.6 Å². The second-order valence-corrected chi connectivity index (χ2v) is 7.92. The summed E-state index contributed by atoms with van der Waals surface area (Å²) in [6, 6.07) is 10.6. The van der Waals surface area contributed by atoms with Crippen molar-refractivity contribution in [2.45, 2.75) is 89.5 Å². The van der Waals surface area contributed by atoms with Crippen LogP contribution in [0.25, 0.3) is 0 Å². The highest BCUT2D eigenvalue weighted by Crippen LogP contribution is 2.19. The van der Waals surface area contributed by atoms with Gasteiger partial charge in [-0.25, -0.2) is 0 Å². The third kappa shape index (κ3) is 11.7. The van der Waals surface area contributed by atoms with E-state index >= 15 is 0 Å². The maximum atomic E-state index is 6.78. The van der Waals surface area contributed by atoms with Crippen LogP contribution in [-0.4, -0.2) is 25.2 Å². The lowest BCUT2D eigenvalue weighted by Crippen LogP contribution is -2.51. The molecule has 0 aliphatic rings. The van der Waals surface area contributed by atoms with Crippen molar-refractivity contribution in [3.63, 3.8) is 0 Å². The van der Waals surface area contributed by atoms with Gasteiger partial charge in [0.15, 0.2) is 0 Å². The van der Waals surface area contributed by atoms with Crippen LogP contribution in [0.4, 0.5) is 0 Å². The van der Waals surface area contributed by atoms with E-state index in [1.54, 1.807) is 0 Å². The van der Waals surface area contributed by atoms with Gasteiger partial charge in [0.2, 0.25) is 0 Å². The molecule has 0 spiro atoms. The third-order valence-electron chi connectivity index (χ3n) is 5.23. The van der Waals surface area contributed by atoms with Gasteiger partial charge >= 0.3 is 0 Å². The van der Waals surface area contributed by atoms with Gasteiger partial charge < -0.3 is 16.8 Å². The summed E-state index contributed by atoms with van der Waals surface area (Å²) >= 11 is 0. The Labute approximate surface area is 162 Å². The lowest BCUT2D eigenvalue weighted by atomic mass is 9.86. The van der Waals surface area contributed by atoms with E-state index in [0.29, 0.717) is 6.54 Å². The largest absolute Gasteiger partial charge is 0.329 e. The second kappa shape index (κ2) is 15.2. The first kappa shape index (κ1) is 23.1. The fourth-order valence-electron chi connectivity index (χ4n) is 3.65. The molecule has 0 bridgehead atoms. The summed E-state index contributed by atoms with van der Waals surface area (Å²) in [7, 11) is 0. The van der Waals surface area contributed by atoms with Crippen LogP contribution in [0.3, 0.4) is 0 Å². The van der Waals surface area contributed by atoms with E-state index in [1.165, 1.54) is 69.8 Å². The van der Waals surface area contributed by atoms with E-state index in [1.807, 2.05) is 0 Å². The molecular formula is C23H43N3. The molecule has 1 aromatic carbocycles. The molecule has 0 saturated heterocycles. The van der Waals surface area contributed by atoms with Crippen LogP contribution in [-0.2, 0) is 6.42 Å². The Hall–Kier alpha value is -0.900. The molecule has 1 aromatic rings. The van der Waals surface area contributed by atoms with Crippen LogP contribution >= 0.6 is 0 Å². The van der Waals surface area contributed by atoms with Crippen LogP contribution < -0.4 is 16.8 Å². The van der Waals surface area contributed by atoms with Crippen LogP contribution in [0.2, 0.25) is 0 Å². The first-order valence-electron chi connectivity index (χ1n) is 10.9. The van der Waals surface area contributed by atoms with Crippen LogP contribution in [0.1, 0.15) is 83.1 Å². The first-order valence-corrected chi connectivity index (χ1v) is 10.9. The summed E-state index contributed by atoms with van der Waals surface area (Å²) < 4.78 is 0. The number of benzene rings is 1. The number of hydrogen-bond acceptors (Lipinski definition) is 3. The highest BCUT2D eigenvalue weighted by atomic mass is 14.9. The molecule has 0 aliphatic heterocycles. The van der Waals surface area contributed by atoms with Gasteiger partial charge in [-0.2, -0.15) is 0 Å². The summed E-state index contributed by atoms with van der Waals surface area (Å²) in [4.78, 5) is 0. The average molecular weight is 362 g/mol. The van der Waals surface area contributed by atoms with E-state index < -0.39 is 0 Å². The fourth-order valence-corrected chi connectivity index (χ4v) is 3.65. The molecule has 1 rings (SSSR count). The van der Waals surface area contributed by atoms with E-state index in [-0.39, 0.29) is 5.54 Å². The van der Waals surface area contributed by atoms with E-state index in [9.17, 15) is 0 Å². The molecule has 1 atom stereocenters. The second-order valence-electron chi connectivity index (χ2n) is 7.92. The van der Waals surface area contributed by atoms with Crippen molar-refractivity contribution in [1.82, 2.24) is 5.32 Å². The Morgan fingerprint density at radius 1 is 0.846 bits per heavy atom. The smallest absolute Gasteiger partial charge is 0.0321 e. The Morgan fingerprint density at radius 3 is 2.00 bits per heavy atom. The van der Waals surface area contributed by atoms with Gasteiger partial charge in [-0.1, -0.05) is 101 Å². The summed E-state index contributed by atoms with van der Waals surface area (Å²) in [5, 5.41) is 3.43. The van der Waals surface area contributed by atoms with E-state index in [0.717, 1.165) is 25.9 Å². The van der Waals surface area contributed by atoms with Gasteiger partial charge in [0.25, 0.3) is 0 Å². The SMILES string of the molecule is CCCCCCCCCCCCC(N)(CNCCN)Cc1ccccc1. The standard InChI is InChI=1S/C23H43N3/c1-2-3-4-5-6-7-8-9-10-14-17-23(25,21-26-19-18-24)20-22-15-12-11-13-16-22/h11-13,15-16,26H,2-10,14,17-21,24-25H2,1H3. The molecule has 0 saturated carbocycles. The predicted octanol–water partition coefficient (Wildman–Crippen LogP) is 4.79. The quantitative estimate of drug-likeness (QED) is 0.350. The zero-order valence-electron chi connectivity index (χ0n) is 17.1. The minimum atomic E-state index is -0.170. The molecule has 3 heteroatoms. The summed E-state index contributed by atoms with van der Waals surface area (Å²) in [5.74, 6) is 0. The molecule has 0 radical (unpaired) electrons. The maximum absolute atomic E-state index is 6.78. The number of rotatable bonds is 17. The summed E-state index contributed by atoms with van der Waals surface area (Å²) in [6.07, 6.45) is 15.7. The van der Waals surface area contributed by atoms with Gasteiger partial charge in [-0.3, -0.25) is 0 Å². The van der Waals surface area contributed by atoms with Gasteiger partial charge in [0.05, 0.1) is 0 Å². The monoisotopic (exact) mass is 361 g/mol. The molecule has 0 amide bonds. The predicted molar refractivity (Wildman–Crippen MR) is 115 cm³/mol. The number of nitrogens with one attached hydrogen (secondary N) is 1. The minimum absolute atomic E-state index is 0.170. The molecule has 0 fully saturated rings. The molecule has 3 nitrogen and oxygen atoms in total. The molecule has 0 aliphatic carbocycles. The van der Waals surface area contributed by atoms with Crippen LogP contribution in [0.5, 0.6) is 0 Å².